The number of furan rings is 1. The second-order valence-corrected chi connectivity index (χ2v) is 7.86. The third-order valence-electron chi connectivity index (χ3n) is 5.76. The molecular weight excluding hydrogens is 451 g/mol. The summed E-state index contributed by atoms with van der Waals surface area (Å²) in [5.74, 6) is 0.199. The lowest BCUT2D eigenvalue weighted by Gasteiger charge is -2.36. The van der Waals surface area contributed by atoms with E-state index in [1.807, 2.05) is 9.80 Å². The van der Waals surface area contributed by atoms with Gasteiger partial charge >= 0.3 is 12.0 Å². The highest BCUT2D eigenvalue weighted by atomic mass is 19.1. The number of hydrogen-bond donors (Lipinski definition) is 1. The van der Waals surface area contributed by atoms with Gasteiger partial charge in [-0.2, -0.15) is 0 Å². The highest BCUT2D eigenvalue weighted by molar-refractivity contribution is 5.90. The van der Waals surface area contributed by atoms with Crippen molar-refractivity contribution in [2.45, 2.75) is 6.10 Å². The zero-order chi connectivity index (χ0) is 23.7. The van der Waals surface area contributed by atoms with E-state index in [0.717, 1.165) is 0 Å². The number of piperazine rings is 1. The van der Waals surface area contributed by atoms with Crippen LogP contribution < -0.4 is 20.0 Å². The van der Waals surface area contributed by atoms with E-state index in [0.29, 0.717) is 55.8 Å². The molecule has 1 aromatic carbocycles. The second-order valence-electron chi connectivity index (χ2n) is 7.86. The number of cyclic esters (lactones) is 1. The number of carbonyl (C=O) groups is 1. The maximum atomic E-state index is 15.0. The van der Waals surface area contributed by atoms with Crippen LogP contribution >= 0.6 is 0 Å². The van der Waals surface area contributed by atoms with Gasteiger partial charge in [0.25, 0.3) is 0 Å². The first-order valence-corrected chi connectivity index (χ1v) is 10.6. The monoisotopic (exact) mass is 472 g/mol. The predicted molar refractivity (Wildman–Crippen MR) is 119 cm³/mol. The number of nitrogens with zero attached hydrogens (tertiary/aromatic N) is 5. The molecule has 0 spiro atoms. The van der Waals surface area contributed by atoms with Crippen LogP contribution in [0.1, 0.15) is 0 Å². The molecule has 0 bridgehead atoms. The van der Waals surface area contributed by atoms with Gasteiger partial charge in [0.05, 0.1) is 30.5 Å². The fourth-order valence-corrected chi connectivity index (χ4v) is 4.03. The normalized spacial score (nSPS) is 18.3. The minimum atomic E-state index is -0.581. The smallest absolute Gasteiger partial charge is 0.434 e. The molecule has 1 amide bonds. The Kier molecular flexibility index (Phi) is 5.65. The number of halogens is 1. The molecule has 2 aromatic heterocycles. The average Bonchev–Trinajstić information content (AvgIpc) is 3.59. The summed E-state index contributed by atoms with van der Waals surface area (Å²) in [6.45, 7) is 2.67. The van der Waals surface area contributed by atoms with Crippen molar-refractivity contribution in [3.05, 3.63) is 58.6 Å². The third kappa shape index (κ3) is 4.31. The molecule has 178 valence electrons. The number of anilines is 4. The summed E-state index contributed by atoms with van der Waals surface area (Å²) in [6.07, 6.45) is 0.473. The number of rotatable bonds is 7. The molecule has 0 aliphatic carbocycles. The molecule has 34 heavy (non-hydrogen) atoms. The van der Waals surface area contributed by atoms with E-state index >= 15 is 0 Å². The minimum absolute atomic E-state index is 0.274. The molecule has 0 radical (unpaired) electrons. The van der Waals surface area contributed by atoms with Crippen molar-refractivity contribution in [3.8, 4) is 0 Å². The fourth-order valence-electron chi connectivity index (χ4n) is 4.03. The maximum absolute atomic E-state index is 15.0. The van der Waals surface area contributed by atoms with Crippen LogP contribution in [0.15, 0.2) is 51.6 Å². The van der Waals surface area contributed by atoms with Crippen molar-refractivity contribution in [2.24, 2.45) is 0 Å². The first-order chi connectivity index (χ1) is 16.5. The first kappa shape index (κ1) is 21.6. The van der Waals surface area contributed by atoms with E-state index in [4.69, 9.17) is 13.7 Å². The Morgan fingerprint density at radius 3 is 2.62 bits per heavy atom. The number of nitro groups is 1. The molecule has 2 fully saturated rings. The van der Waals surface area contributed by atoms with Gasteiger partial charge in [-0.25, -0.2) is 9.18 Å². The summed E-state index contributed by atoms with van der Waals surface area (Å²) >= 11 is 0. The van der Waals surface area contributed by atoms with Crippen LogP contribution in [-0.4, -0.2) is 61.5 Å². The van der Waals surface area contributed by atoms with Gasteiger partial charge < -0.3 is 28.8 Å². The molecule has 2 saturated heterocycles. The van der Waals surface area contributed by atoms with Gasteiger partial charge in [0.2, 0.25) is 5.88 Å². The lowest BCUT2D eigenvalue weighted by molar-refractivity contribution is -0.401. The number of aromatic nitrogens is 1. The second kappa shape index (κ2) is 8.92. The Morgan fingerprint density at radius 1 is 1.15 bits per heavy atom. The molecule has 2 aliphatic rings. The summed E-state index contributed by atoms with van der Waals surface area (Å²) in [5.41, 5.74) is 0.836. The van der Waals surface area contributed by atoms with Crippen LogP contribution in [0.3, 0.4) is 0 Å². The van der Waals surface area contributed by atoms with Gasteiger partial charge in [0, 0.05) is 38.3 Å². The Balaban J connectivity index is 1.19. The van der Waals surface area contributed by atoms with Crippen LogP contribution in [0.4, 0.5) is 38.1 Å². The first-order valence-electron chi connectivity index (χ1n) is 10.6. The van der Waals surface area contributed by atoms with Gasteiger partial charge in [-0.15, -0.1) is 0 Å². The van der Waals surface area contributed by atoms with Crippen LogP contribution in [-0.2, 0) is 4.74 Å². The number of ether oxygens (including phenoxy) is 1. The Bertz CT molecular complexity index is 1180. The van der Waals surface area contributed by atoms with E-state index in [1.165, 1.54) is 23.3 Å². The van der Waals surface area contributed by atoms with E-state index in [2.05, 4.69) is 10.5 Å². The standard InChI is InChI=1S/C21H21FN6O6/c22-16-11-14(27-13-15(33-21(27)29)12-23-18-5-10-32-24-18)1-2-17(16)25-6-8-26(9-7-25)19-3-4-20(34-19)28(30)31/h1-5,10-11,15H,6-9,12-13H2,(H,23,24). The fraction of sp³-hybridized carbons (Fsp3) is 0.333. The van der Waals surface area contributed by atoms with Crippen molar-refractivity contribution in [1.82, 2.24) is 5.16 Å². The Labute approximate surface area is 192 Å². The van der Waals surface area contributed by atoms with E-state index < -0.39 is 22.9 Å². The molecule has 2 aliphatic heterocycles. The number of amides is 1. The van der Waals surface area contributed by atoms with Crippen LogP contribution in [0, 0.1) is 15.9 Å². The summed E-state index contributed by atoms with van der Waals surface area (Å²) < 4.78 is 30.4. The van der Waals surface area contributed by atoms with Gasteiger partial charge in [0.15, 0.2) is 5.82 Å². The van der Waals surface area contributed by atoms with Crippen molar-refractivity contribution >= 4 is 35.1 Å². The lowest BCUT2D eigenvalue weighted by atomic mass is 10.2. The Morgan fingerprint density at radius 2 is 1.94 bits per heavy atom. The molecular formula is C21H21FN6O6. The Hall–Kier alpha value is -4.29. The van der Waals surface area contributed by atoms with Gasteiger partial charge in [-0.05, 0) is 18.2 Å². The van der Waals surface area contributed by atoms with Gasteiger partial charge in [-0.1, -0.05) is 5.16 Å². The molecule has 1 unspecified atom stereocenters. The highest BCUT2D eigenvalue weighted by Crippen LogP contribution is 2.30. The summed E-state index contributed by atoms with van der Waals surface area (Å²) in [6, 6.07) is 9.19. The topological polar surface area (TPSA) is 130 Å². The highest BCUT2D eigenvalue weighted by Gasteiger charge is 2.33. The van der Waals surface area contributed by atoms with Crippen LogP contribution in [0.2, 0.25) is 0 Å². The van der Waals surface area contributed by atoms with Crippen molar-refractivity contribution < 1.29 is 27.8 Å². The molecule has 0 saturated carbocycles. The lowest BCUT2D eigenvalue weighted by Crippen LogP contribution is -2.46. The van der Waals surface area contributed by atoms with Crippen LogP contribution in [0.5, 0.6) is 0 Å². The van der Waals surface area contributed by atoms with Crippen molar-refractivity contribution in [2.75, 3.05) is 59.3 Å². The van der Waals surface area contributed by atoms with Crippen molar-refractivity contribution in [1.29, 1.82) is 0 Å². The molecule has 1 N–H and O–H groups in total. The van der Waals surface area contributed by atoms with Crippen LogP contribution in [0.25, 0.3) is 0 Å². The molecule has 12 nitrogen and oxygen atoms in total. The van der Waals surface area contributed by atoms with Crippen molar-refractivity contribution in [3.63, 3.8) is 0 Å². The summed E-state index contributed by atoms with van der Waals surface area (Å²) in [4.78, 5) is 27.7. The quantitative estimate of drug-likeness (QED) is 0.404. The SMILES string of the molecule is O=C1OC(CNc2ccon2)CN1c1ccc(N2CCN(c3ccc([N+](=O)[O-])o3)CC2)c(F)c1. The maximum Gasteiger partial charge on any atom is 0.434 e. The zero-order valence-electron chi connectivity index (χ0n) is 17.9. The number of hydrogen-bond acceptors (Lipinski definition) is 10. The molecule has 1 atom stereocenters. The largest absolute Gasteiger partial charge is 0.442 e. The number of carbonyl (C=O) groups excluding carboxylic acids is 1. The molecule has 4 heterocycles. The van der Waals surface area contributed by atoms with E-state index in [1.54, 1.807) is 24.3 Å². The average molecular weight is 472 g/mol. The third-order valence-corrected chi connectivity index (χ3v) is 5.76. The zero-order valence-corrected chi connectivity index (χ0v) is 17.9. The van der Waals surface area contributed by atoms with Gasteiger partial charge in [0.1, 0.15) is 23.1 Å². The molecule has 5 rings (SSSR count). The predicted octanol–water partition coefficient (Wildman–Crippen LogP) is 3.08. The number of nitrogens with one attached hydrogen (secondary N) is 1. The van der Waals surface area contributed by atoms with E-state index in [9.17, 15) is 19.3 Å². The minimum Gasteiger partial charge on any atom is -0.442 e. The van der Waals surface area contributed by atoms with Gasteiger partial charge in [-0.3, -0.25) is 15.0 Å². The van der Waals surface area contributed by atoms with E-state index in [-0.39, 0.29) is 12.4 Å². The molecule has 13 heteroatoms. The summed E-state index contributed by atoms with van der Waals surface area (Å²) in [5, 5.41) is 17.6. The summed E-state index contributed by atoms with van der Waals surface area (Å²) in [7, 11) is 0. The molecule has 3 aromatic rings. The number of benzene rings is 1.